The maximum Gasteiger partial charge on any atom is 0.141 e. The van der Waals surface area contributed by atoms with E-state index in [9.17, 15) is 4.39 Å². The molecule has 19 heavy (non-hydrogen) atoms. The van der Waals surface area contributed by atoms with Gasteiger partial charge in [0.2, 0.25) is 0 Å². The predicted molar refractivity (Wildman–Crippen MR) is 77.9 cm³/mol. The van der Waals surface area contributed by atoms with Gasteiger partial charge in [-0.15, -0.1) is 0 Å². The normalized spacial score (nSPS) is 24.9. The Kier molecular flexibility index (Phi) is 4.82. The quantitative estimate of drug-likeness (QED) is 0.916. The van der Waals surface area contributed by atoms with Gasteiger partial charge in [-0.3, -0.25) is 4.90 Å². The number of nitrogens with one attached hydrogen (secondary N) is 1. The number of halogens is 2. The Morgan fingerprint density at radius 2 is 2.21 bits per heavy atom. The highest BCUT2D eigenvalue weighted by molar-refractivity contribution is 6.30. The van der Waals surface area contributed by atoms with E-state index in [1.807, 2.05) is 6.07 Å². The highest BCUT2D eigenvalue weighted by Crippen LogP contribution is 2.20. The van der Waals surface area contributed by atoms with Crippen LogP contribution in [0.25, 0.3) is 0 Å². The molecule has 0 saturated carbocycles. The van der Waals surface area contributed by atoms with E-state index in [1.54, 1.807) is 6.07 Å². The smallest absolute Gasteiger partial charge is 0.141 e. The molecule has 1 aliphatic heterocycles. The van der Waals surface area contributed by atoms with E-state index in [0.29, 0.717) is 18.0 Å². The monoisotopic (exact) mass is 284 g/mol. The van der Waals surface area contributed by atoms with Crippen molar-refractivity contribution in [3.8, 4) is 0 Å². The molecule has 1 aromatic rings. The molecule has 2 unspecified atom stereocenters. The van der Waals surface area contributed by atoms with Gasteiger partial charge in [0.25, 0.3) is 0 Å². The van der Waals surface area contributed by atoms with Gasteiger partial charge in [0, 0.05) is 31.7 Å². The number of rotatable bonds is 3. The molecular weight excluding hydrogens is 263 g/mol. The van der Waals surface area contributed by atoms with Gasteiger partial charge in [-0.25, -0.2) is 4.39 Å². The van der Waals surface area contributed by atoms with Gasteiger partial charge in [-0.2, -0.15) is 0 Å². The molecule has 2 rings (SSSR count). The van der Waals surface area contributed by atoms with E-state index in [1.165, 1.54) is 6.07 Å². The highest BCUT2D eigenvalue weighted by Gasteiger charge is 2.26. The van der Waals surface area contributed by atoms with Crippen LogP contribution >= 0.6 is 11.6 Å². The summed E-state index contributed by atoms with van der Waals surface area (Å²) in [7, 11) is 0. The van der Waals surface area contributed by atoms with Crippen LogP contribution in [0.3, 0.4) is 0 Å². The second-order valence-corrected chi connectivity index (χ2v) is 6.19. The fourth-order valence-corrected chi connectivity index (χ4v) is 2.69. The lowest BCUT2D eigenvalue weighted by molar-refractivity contribution is 0.116. The van der Waals surface area contributed by atoms with Crippen LogP contribution in [0.1, 0.15) is 26.3 Å². The highest BCUT2D eigenvalue weighted by atomic mass is 35.5. The standard InChI is InChI=1S/C15H22ClFN2/c1-10(2)15-9-19(11(3)7-18-15)8-12-4-5-14(17)13(16)6-12/h4-6,10-11,15,18H,7-9H2,1-3H3. The molecule has 0 aromatic heterocycles. The maximum atomic E-state index is 13.2. The molecular formula is C15H22ClFN2. The molecule has 0 spiro atoms. The molecule has 1 aliphatic rings. The van der Waals surface area contributed by atoms with Crippen molar-refractivity contribution in [3.05, 3.63) is 34.6 Å². The van der Waals surface area contributed by atoms with Crippen molar-refractivity contribution in [2.75, 3.05) is 13.1 Å². The average Bonchev–Trinajstić information content (AvgIpc) is 2.36. The number of hydrogen-bond donors (Lipinski definition) is 1. The molecule has 2 atom stereocenters. The first-order valence-corrected chi connectivity index (χ1v) is 7.26. The van der Waals surface area contributed by atoms with Gasteiger partial charge in [-0.05, 0) is 30.5 Å². The first kappa shape index (κ1) is 14.8. The molecule has 2 nitrogen and oxygen atoms in total. The summed E-state index contributed by atoms with van der Waals surface area (Å²) < 4.78 is 13.2. The zero-order valence-corrected chi connectivity index (χ0v) is 12.5. The van der Waals surface area contributed by atoms with Gasteiger partial charge >= 0.3 is 0 Å². The minimum Gasteiger partial charge on any atom is -0.311 e. The molecule has 106 valence electrons. The van der Waals surface area contributed by atoms with Gasteiger partial charge in [0.15, 0.2) is 0 Å². The third-order valence-corrected chi connectivity index (χ3v) is 4.19. The zero-order valence-electron chi connectivity index (χ0n) is 11.8. The van der Waals surface area contributed by atoms with Gasteiger partial charge in [-0.1, -0.05) is 31.5 Å². The Balaban J connectivity index is 2.05. The summed E-state index contributed by atoms with van der Waals surface area (Å²) in [6.07, 6.45) is 0. The van der Waals surface area contributed by atoms with Crippen molar-refractivity contribution in [3.63, 3.8) is 0 Å². The van der Waals surface area contributed by atoms with Crippen LogP contribution in [-0.4, -0.2) is 30.1 Å². The molecule has 0 bridgehead atoms. The summed E-state index contributed by atoms with van der Waals surface area (Å²) in [5.41, 5.74) is 1.07. The first-order valence-electron chi connectivity index (χ1n) is 6.88. The molecule has 1 N–H and O–H groups in total. The van der Waals surface area contributed by atoms with Crippen LogP contribution < -0.4 is 5.32 Å². The Morgan fingerprint density at radius 1 is 1.47 bits per heavy atom. The van der Waals surface area contributed by atoms with Crippen LogP contribution in [0.4, 0.5) is 4.39 Å². The molecule has 1 heterocycles. The van der Waals surface area contributed by atoms with Gasteiger partial charge in [0.1, 0.15) is 5.82 Å². The lowest BCUT2D eigenvalue weighted by Crippen LogP contribution is -2.56. The first-order chi connectivity index (χ1) is 8.97. The molecule has 1 saturated heterocycles. The lowest BCUT2D eigenvalue weighted by atomic mass is 9.99. The van der Waals surface area contributed by atoms with Crippen molar-refractivity contribution in [2.24, 2.45) is 5.92 Å². The summed E-state index contributed by atoms with van der Waals surface area (Å²) in [6, 6.07) is 6.01. The molecule has 0 aliphatic carbocycles. The SMILES string of the molecule is CC(C)C1CN(Cc2ccc(F)c(Cl)c2)C(C)CN1. The van der Waals surface area contributed by atoms with Crippen LogP contribution in [0, 0.1) is 11.7 Å². The van der Waals surface area contributed by atoms with Crippen LogP contribution in [-0.2, 0) is 6.54 Å². The number of benzene rings is 1. The van der Waals surface area contributed by atoms with E-state index >= 15 is 0 Å². The predicted octanol–water partition coefficient (Wildman–Crippen LogP) is 3.30. The minimum absolute atomic E-state index is 0.209. The molecule has 4 heteroatoms. The van der Waals surface area contributed by atoms with Gasteiger partial charge in [0.05, 0.1) is 5.02 Å². The third kappa shape index (κ3) is 3.68. The number of piperazine rings is 1. The van der Waals surface area contributed by atoms with Crippen molar-refractivity contribution in [2.45, 2.75) is 39.4 Å². The lowest BCUT2D eigenvalue weighted by Gasteiger charge is -2.40. The summed E-state index contributed by atoms with van der Waals surface area (Å²) in [5.74, 6) is 0.269. The topological polar surface area (TPSA) is 15.3 Å². The molecule has 0 amide bonds. The summed E-state index contributed by atoms with van der Waals surface area (Å²) in [5, 5.41) is 3.79. The molecule has 0 radical (unpaired) electrons. The molecule has 1 fully saturated rings. The number of nitrogens with zero attached hydrogens (tertiary/aromatic N) is 1. The Bertz CT molecular complexity index is 436. The van der Waals surface area contributed by atoms with Gasteiger partial charge < -0.3 is 5.32 Å². The van der Waals surface area contributed by atoms with Crippen molar-refractivity contribution < 1.29 is 4.39 Å². The fourth-order valence-electron chi connectivity index (χ4n) is 2.49. The summed E-state index contributed by atoms with van der Waals surface area (Å²) in [4.78, 5) is 2.44. The van der Waals surface area contributed by atoms with E-state index in [4.69, 9.17) is 11.6 Å². The van der Waals surface area contributed by atoms with E-state index in [-0.39, 0.29) is 10.8 Å². The van der Waals surface area contributed by atoms with Crippen molar-refractivity contribution in [1.82, 2.24) is 10.2 Å². The third-order valence-electron chi connectivity index (χ3n) is 3.90. The summed E-state index contributed by atoms with van der Waals surface area (Å²) in [6.45, 7) is 9.54. The minimum atomic E-state index is -0.348. The molecule has 1 aromatic carbocycles. The van der Waals surface area contributed by atoms with E-state index in [2.05, 4.69) is 31.0 Å². The van der Waals surface area contributed by atoms with E-state index < -0.39 is 0 Å². The largest absolute Gasteiger partial charge is 0.311 e. The maximum absolute atomic E-state index is 13.2. The second kappa shape index (κ2) is 6.21. The van der Waals surface area contributed by atoms with E-state index in [0.717, 1.165) is 25.2 Å². The Morgan fingerprint density at radius 3 is 2.84 bits per heavy atom. The average molecular weight is 285 g/mol. The van der Waals surface area contributed by atoms with Crippen LogP contribution in [0.5, 0.6) is 0 Å². The fraction of sp³-hybridized carbons (Fsp3) is 0.600. The number of hydrogen-bond acceptors (Lipinski definition) is 2. The van der Waals surface area contributed by atoms with Crippen molar-refractivity contribution in [1.29, 1.82) is 0 Å². The second-order valence-electron chi connectivity index (χ2n) is 5.79. The summed E-state index contributed by atoms with van der Waals surface area (Å²) >= 11 is 5.84. The van der Waals surface area contributed by atoms with Crippen LogP contribution in [0.2, 0.25) is 5.02 Å². The Hall–Kier alpha value is -0.640. The van der Waals surface area contributed by atoms with Crippen molar-refractivity contribution >= 4 is 11.6 Å². The Labute approximate surface area is 119 Å². The van der Waals surface area contributed by atoms with Crippen LogP contribution in [0.15, 0.2) is 18.2 Å². The zero-order chi connectivity index (χ0) is 14.0.